The van der Waals surface area contributed by atoms with E-state index in [4.69, 9.17) is 4.42 Å². The van der Waals surface area contributed by atoms with E-state index in [1.54, 1.807) is 0 Å². The molecular weight excluding hydrogens is 362 g/mol. The number of hydrogen-bond acceptors (Lipinski definition) is 5. The van der Waals surface area contributed by atoms with E-state index in [0.717, 1.165) is 25.8 Å². The largest absolute Gasteiger partial charge is 0.419 e. The molecule has 1 fully saturated rings. The van der Waals surface area contributed by atoms with Crippen LogP contribution in [0.3, 0.4) is 0 Å². The summed E-state index contributed by atoms with van der Waals surface area (Å²) in [6.45, 7) is 7.71. The summed E-state index contributed by atoms with van der Waals surface area (Å²) in [6, 6.07) is 4.41. The average Bonchev–Trinajstić information content (AvgIpc) is 3.16. The molecule has 0 aliphatic carbocycles. The van der Waals surface area contributed by atoms with E-state index in [0.29, 0.717) is 30.9 Å². The molecule has 0 saturated carbocycles. The topological polar surface area (TPSA) is 98.6 Å². The predicted octanol–water partition coefficient (Wildman–Crippen LogP) is 3.71. The SMILES string of the molecule is CC(C)(C)CC1CCCN1C(=O)CCCn1c(=O)oc2cc([N+](=O)[O-])ccc21. The monoisotopic (exact) mass is 389 g/mol. The third kappa shape index (κ3) is 4.43. The van der Waals surface area contributed by atoms with Crippen molar-refractivity contribution >= 4 is 22.7 Å². The van der Waals surface area contributed by atoms with Crippen LogP contribution in [-0.4, -0.2) is 32.9 Å². The molecule has 8 nitrogen and oxygen atoms in total. The van der Waals surface area contributed by atoms with Crippen LogP contribution >= 0.6 is 0 Å². The first-order chi connectivity index (χ1) is 13.2. The van der Waals surface area contributed by atoms with Gasteiger partial charge in [0.1, 0.15) is 0 Å². The molecule has 0 N–H and O–H groups in total. The number of benzene rings is 1. The van der Waals surface area contributed by atoms with Crippen LogP contribution in [0.15, 0.2) is 27.4 Å². The molecule has 1 amide bonds. The Morgan fingerprint density at radius 2 is 2.11 bits per heavy atom. The lowest BCUT2D eigenvalue weighted by atomic mass is 9.87. The minimum atomic E-state index is -0.560. The van der Waals surface area contributed by atoms with Crippen LogP contribution in [0.2, 0.25) is 0 Å². The van der Waals surface area contributed by atoms with Crippen molar-refractivity contribution in [3.8, 4) is 0 Å². The standard InChI is InChI=1S/C20H27N3O5/c1-20(2,3)13-15-6-4-10-21(15)18(24)7-5-11-22-16-9-8-14(23(26)27)12-17(16)28-19(22)25/h8-9,12,15H,4-7,10-11,13H2,1-3H3. The number of nitrogens with zero attached hydrogens (tertiary/aromatic N) is 3. The van der Waals surface area contributed by atoms with Gasteiger partial charge in [-0.1, -0.05) is 20.8 Å². The molecule has 1 aliphatic rings. The van der Waals surface area contributed by atoms with Crippen molar-refractivity contribution in [1.29, 1.82) is 0 Å². The molecule has 2 heterocycles. The molecule has 0 spiro atoms. The highest BCUT2D eigenvalue weighted by Gasteiger charge is 2.31. The zero-order valence-electron chi connectivity index (χ0n) is 16.6. The van der Waals surface area contributed by atoms with Crippen LogP contribution in [0.4, 0.5) is 5.69 Å². The number of aromatic nitrogens is 1. The van der Waals surface area contributed by atoms with Crippen molar-refractivity contribution in [2.45, 2.75) is 65.5 Å². The van der Waals surface area contributed by atoms with E-state index < -0.39 is 10.7 Å². The van der Waals surface area contributed by atoms with E-state index in [9.17, 15) is 19.7 Å². The number of oxazole rings is 1. The van der Waals surface area contributed by atoms with Gasteiger partial charge < -0.3 is 9.32 Å². The molecular formula is C20H27N3O5. The Morgan fingerprint density at radius 3 is 2.79 bits per heavy atom. The van der Waals surface area contributed by atoms with Gasteiger partial charge in [-0.05, 0) is 37.2 Å². The minimum Gasteiger partial charge on any atom is -0.407 e. The maximum absolute atomic E-state index is 12.7. The average molecular weight is 389 g/mol. The summed E-state index contributed by atoms with van der Waals surface area (Å²) in [7, 11) is 0. The fourth-order valence-electron chi connectivity index (χ4n) is 4.00. The zero-order valence-corrected chi connectivity index (χ0v) is 16.6. The van der Waals surface area contributed by atoms with E-state index in [1.807, 2.05) is 4.90 Å². The smallest absolute Gasteiger partial charge is 0.407 e. The molecule has 28 heavy (non-hydrogen) atoms. The second-order valence-corrected chi connectivity index (χ2v) is 8.68. The summed E-state index contributed by atoms with van der Waals surface area (Å²) in [6.07, 6.45) is 3.96. The summed E-state index contributed by atoms with van der Waals surface area (Å²) in [5, 5.41) is 10.9. The number of fused-ring (bicyclic) bond motifs is 1. The van der Waals surface area contributed by atoms with Crippen molar-refractivity contribution in [3.63, 3.8) is 0 Å². The highest BCUT2D eigenvalue weighted by molar-refractivity contribution is 5.77. The lowest BCUT2D eigenvalue weighted by Crippen LogP contribution is -2.37. The third-order valence-corrected chi connectivity index (χ3v) is 5.18. The molecule has 1 aromatic heterocycles. The number of nitro benzene ring substituents is 1. The molecule has 1 saturated heterocycles. The van der Waals surface area contributed by atoms with E-state index in [-0.39, 0.29) is 22.6 Å². The molecule has 2 aromatic rings. The number of carbonyl (C=O) groups is 1. The quantitative estimate of drug-likeness (QED) is 0.554. The second-order valence-electron chi connectivity index (χ2n) is 8.68. The van der Waals surface area contributed by atoms with Crippen molar-refractivity contribution in [2.24, 2.45) is 5.41 Å². The summed E-state index contributed by atoms with van der Waals surface area (Å²) in [5.74, 6) is -0.432. The lowest BCUT2D eigenvalue weighted by Gasteiger charge is -2.30. The number of carbonyl (C=O) groups excluding carboxylic acids is 1. The Balaban J connectivity index is 1.63. The van der Waals surface area contributed by atoms with Gasteiger partial charge in [0.15, 0.2) is 5.58 Å². The maximum Gasteiger partial charge on any atom is 0.419 e. The number of likely N-dealkylation sites (tertiary alicyclic amines) is 1. The first-order valence-corrected chi connectivity index (χ1v) is 9.73. The second kappa shape index (κ2) is 7.77. The molecule has 0 bridgehead atoms. The van der Waals surface area contributed by atoms with Gasteiger partial charge in [-0.15, -0.1) is 0 Å². The molecule has 1 atom stereocenters. The number of amides is 1. The Morgan fingerprint density at radius 1 is 1.36 bits per heavy atom. The molecule has 152 valence electrons. The Bertz CT molecular complexity index is 937. The first-order valence-electron chi connectivity index (χ1n) is 9.73. The van der Waals surface area contributed by atoms with Crippen LogP contribution in [0.1, 0.15) is 52.9 Å². The first kappa shape index (κ1) is 20.1. The number of nitro groups is 1. The molecule has 8 heteroatoms. The zero-order chi connectivity index (χ0) is 20.5. The van der Waals surface area contributed by atoms with Crippen LogP contribution in [0.5, 0.6) is 0 Å². The third-order valence-electron chi connectivity index (χ3n) is 5.18. The maximum atomic E-state index is 12.7. The Kier molecular flexibility index (Phi) is 5.58. The predicted molar refractivity (Wildman–Crippen MR) is 105 cm³/mol. The van der Waals surface area contributed by atoms with Gasteiger partial charge >= 0.3 is 5.76 Å². The van der Waals surface area contributed by atoms with Crippen LogP contribution in [0, 0.1) is 15.5 Å². The van der Waals surface area contributed by atoms with Crippen molar-refractivity contribution in [2.75, 3.05) is 6.54 Å². The van der Waals surface area contributed by atoms with Crippen molar-refractivity contribution in [1.82, 2.24) is 9.47 Å². The fourth-order valence-corrected chi connectivity index (χ4v) is 4.00. The van der Waals surface area contributed by atoms with Crippen LogP contribution in [0.25, 0.3) is 11.1 Å². The normalized spacial score (nSPS) is 17.4. The van der Waals surface area contributed by atoms with Gasteiger partial charge in [0.05, 0.1) is 16.5 Å². The van der Waals surface area contributed by atoms with Gasteiger partial charge in [-0.3, -0.25) is 19.5 Å². The van der Waals surface area contributed by atoms with Gasteiger partial charge in [0, 0.05) is 31.6 Å². The van der Waals surface area contributed by atoms with Gasteiger partial charge in [0.2, 0.25) is 5.91 Å². The molecule has 1 aromatic carbocycles. The number of rotatable bonds is 6. The fraction of sp³-hybridized carbons (Fsp3) is 0.600. The molecule has 1 unspecified atom stereocenters. The highest BCUT2D eigenvalue weighted by Crippen LogP contribution is 2.30. The summed E-state index contributed by atoms with van der Waals surface area (Å²) in [5.41, 5.74) is 0.756. The Labute approximate surface area is 163 Å². The van der Waals surface area contributed by atoms with E-state index in [1.165, 1.54) is 22.8 Å². The summed E-state index contributed by atoms with van der Waals surface area (Å²) in [4.78, 5) is 37.1. The number of aryl methyl sites for hydroxylation is 1. The Hall–Kier alpha value is -2.64. The molecule has 1 aliphatic heterocycles. The van der Waals surface area contributed by atoms with E-state index in [2.05, 4.69) is 20.8 Å². The molecule has 0 radical (unpaired) electrons. The van der Waals surface area contributed by atoms with Gasteiger partial charge in [-0.2, -0.15) is 0 Å². The van der Waals surface area contributed by atoms with Gasteiger partial charge in [-0.25, -0.2) is 4.79 Å². The van der Waals surface area contributed by atoms with E-state index >= 15 is 0 Å². The summed E-state index contributed by atoms with van der Waals surface area (Å²) < 4.78 is 6.56. The van der Waals surface area contributed by atoms with Gasteiger partial charge in [0.25, 0.3) is 5.69 Å². The number of non-ortho nitro benzene ring substituents is 1. The summed E-state index contributed by atoms with van der Waals surface area (Å²) >= 11 is 0. The van der Waals surface area contributed by atoms with Crippen LogP contribution in [-0.2, 0) is 11.3 Å². The lowest BCUT2D eigenvalue weighted by molar-refractivity contribution is -0.384. The molecule has 3 rings (SSSR count). The minimum absolute atomic E-state index is 0.123. The van der Waals surface area contributed by atoms with Crippen LogP contribution < -0.4 is 5.76 Å². The highest BCUT2D eigenvalue weighted by atomic mass is 16.6. The van der Waals surface area contributed by atoms with Crippen molar-refractivity contribution in [3.05, 3.63) is 38.9 Å². The number of hydrogen-bond donors (Lipinski definition) is 0. The van der Waals surface area contributed by atoms with Crippen molar-refractivity contribution < 1.29 is 14.1 Å².